The van der Waals surface area contributed by atoms with Crippen molar-refractivity contribution in [1.82, 2.24) is 0 Å². The Kier molecular flexibility index (Phi) is 4.74. The highest BCUT2D eigenvalue weighted by Crippen LogP contribution is 2.24. The SMILES string of the molecule is CCCOc1cc(C)c(F)cc1CC(C)N. The summed E-state index contributed by atoms with van der Waals surface area (Å²) in [5.74, 6) is 0.567. The monoisotopic (exact) mass is 225 g/mol. The number of benzene rings is 1. The zero-order valence-electron chi connectivity index (χ0n) is 10.2. The predicted molar refractivity (Wildman–Crippen MR) is 64.3 cm³/mol. The third kappa shape index (κ3) is 3.49. The minimum absolute atomic E-state index is 0.00563. The lowest BCUT2D eigenvalue weighted by atomic mass is 10.0. The molecule has 3 heteroatoms. The molecule has 0 fully saturated rings. The fourth-order valence-corrected chi connectivity index (χ4v) is 1.55. The fourth-order valence-electron chi connectivity index (χ4n) is 1.55. The third-order valence-electron chi connectivity index (χ3n) is 2.35. The first kappa shape index (κ1) is 13.0. The Bertz CT molecular complexity index is 350. The second kappa shape index (κ2) is 5.85. The van der Waals surface area contributed by atoms with Gasteiger partial charge in [-0.25, -0.2) is 4.39 Å². The molecule has 16 heavy (non-hydrogen) atoms. The minimum atomic E-state index is -0.195. The first-order valence-corrected chi connectivity index (χ1v) is 5.72. The van der Waals surface area contributed by atoms with Gasteiger partial charge in [-0.05, 0) is 49.9 Å². The van der Waals surface area contributed by atoms with Crippen molar-refractivity contribution in [2.24, 2.45) is 5.73 Å². The summed E-state index contributed by atoms with van der Waals surface area (Å²) < 4.78 is 19.0. The van der Waals surface area contributed by atoms with Gasteiger partial charge in [-0.1, -0.05) is 6.92 Å². The van der Waals surface area contributed by atoms with Crippen LogP contribution in [0, 0.1) is 12.7 Å². The summed E-state index contributed by atoms with van der Waals surface area (Å²) in [6.07, 6.45) is 1.57. The first-order chi connectivity index (χ1) is 7.54. The molecule has 0 bridgehead atoms. The molecule has 2 nitrogen and oxygen atoms in total. The van der Waals surface area contributed by atoms with Gasteiger partial charge in [-0.2, -0.15) is 0 Å². The van der Waals surface area contributed by atoms with Gasteiger partial charge in [0.1, 0.15) is 11.6 Å². The molecule has 1 atom stereocenters. The van der Waals surface area contributed by atoms with Gasteiger partial charge in [-0.15, -0.1) is 0 Å². The maximum atomic E-state index is 13.4. The van der Waals surface area contributed by atoms with E-state index in [1.807, 2.05) is 13.8 Å². The molecule has 0 aromatic heterocycles. The van der Waals surface area contributed by atoms with E-state index in [1.54, 1.807) is 13.0 Å². The number of hydrogen-bond acceptors (Lipinski definition) is 2. The Morgan fingerprint density at radius 1 is 1.44 bits per heavy atom. The van der Waals surface area contributed by atoms with Gasteiger partial charge in [0, 0.05) is 6.04 Å². The molecule has 0 aliphatic carbocycles. The van der Waals surface area contributed by atoms with Crippen molar-refractivity contribution in [3.63, 3.8) is 0 Å². The molecule has 0 spiro atoms. The van der Waals surface area contributed by atoms with E-state index in [0.29, 0.717) is 18.6 Å². The second-order valence-electron chi connectivity index (χ2n) is 4.24. The molecule has 0 amide bonds. The number of aryl methyl sites for hydroxylation is 1. The molecule has 2 N–H and O–H groups in total. The summed E-state index contributed by atoms with van der Waals surface area (Å²) in [6, 6.07) is 3.29. The Morgan fingerprint density at radius 2 is 2.12 bits per heavy atom. The normalized spacial score (nSPS) is 12.6. The molecule has 0 aliphatic heterocycles. The summed E-state index contributed by atoms with van der Waals surface area (Å²) in [4.78, 5) is 0. The number of rotatable bonds is 5. The van der Waals surface area contributed by atoms with Crippen LogP contribution in [0.25, 0.3) is 0 Å². The highest BCUT2D eigenvalue weighted by atomic mass is 19.1. The van der Waals surface area contributed by atoms with Crippen LogP contribution < -0.4 is 10.5 Å². The molecule has 0 aliphatic rings. The maximum Gasteiger partial charge on any atom is 0.126 e. The molecule has 1 aromatic rings. The van der Waals surface area contributed by atoms with Crippen molar-refractivity contribution in [3.8, 4) is 5.75 Å². The number of hydrogen-bond donors (Lipinski definition) is 1. The average molecular weight is 225 g/mol. The molecule has 90 valence electrons. The van der Waals surface area contributed by atoms with Crippen LogP contribution in [0.1, 0.15) is 31.4 Å². The van der Waals surface area contributed by atoms with Crippen LogP contribution in [-0.2, 0) is 6.42 Å². The third-order valence-corrected chi connectivity index (χ3v) is 2.35. The van der Waals surface area contributed by atoms with Crippen LogP contribution in [0.5, 0.6) is 5.75 Å². The van der Waals surface area contributed by atoms with Gasteiger partial charge >= 0.3 is 0 Å². The number of nitrogens with two attached hydrogens (primary N) is 1. The molecular formula is C13H20FNO. The van der Waals surface area contributed by atoms with E-state index in [-0.39, 0.29) is 11.9 Å². The Labute approximate surface area is 96.6 Å². The van der Waals surface area contributed by atoms with Gasteiger partial charge in [0.2, 0.25) is 0 Å². The average Bonchev–Trinajstić information content (AvgIpc) is 2.20. The Morgan fingerprint density at radius 3 is 2.69 bits per heavy atom. The molecule has 1 unspecified atom stereocenters. The summed E-state index contributed by atoms with van der Waals surface area (Å²) in [5.41, 5.74) is 7.20. The van der Waals surface area contributed by atoms with E-state index in [9.17, 15) is 4.39 Å². The second-order valence-corrected chi connectivity index (χ2v) is 4.24. The van der Waals surface area contributed by atoms with Crippen LogP contribution in [0.4, 0.5) is 4.39 Å². The quantitative estimate of drug-likeness (QED) is 0.836. The van der Waals surface area contributed by atoms with E-state index in [1.165, 1.54) is 6.07 Å². The zero-order chi connectivity index (χ0) is 12.1. The van der Waals surface area contributed by atoms with E-state index in [4.69, 9.17) is 10.5 Å². The van der Waals surface area contributed by atoms with Crippen molar-refractivity contribution in [2.45, 2.75) is 39.7 Å². The zero-order valence-corrected chi connectivity index (χ0v) is 10.2. The lowest BCUT2D eigenvalue weighted by Gasteiger charge is -2.14. The highest BCUT2D eigenvalue weighted by Gasteiger charge is 2.10. The standard InChI is InChI=1S/C13H20FNO/c1-4-5-16-13-6-9(2)12(14)8-11(13)7-10(3)15/h6,8,10H,4-5,7,15H2,1-3H3. The largest absolute Gasteiger partial charge is 0.493 e. The van der Waals surface area contributed by atoms with E-state index < -0.39 is 0 Å². The molecule has 0 radical (unpaired) electrons. The van der Waals surface area contributed by atoms with Crippen LogP contribution in [0.15, 0.2) is 12.1 Å². The van der Waals surface area contributed by atoms with Crippen molar-refractivity contribution in [1.29, 1.82) is 0 Å². The molecule has 0 heterocycles. The molecule has 1 rings (SSSR count). The van der Waals surface area contributed by atoms with E-state index >= 15 is 0 Å². The minimum Gasteiger partial charge on any atom is -0.493 e. The van der Waals surface area contributed by atoms with E-state index in [2.05, 4.69) is 0 Å². The number of ether oxygens (including phenoxy) is 1. The van der Waals surface area contributed by atoms with Gasteiger partial charge in [0.25, 0.3) is 0 Å². The summed E-state index contributed by atoms with van der Waals surface area (Å²) in [6.45, 7) is 6.34. The number of halogens is 1. The molecule has 1 aromatic carbocycles. The van der Waals surface area contributed by atoms with Crippen molar-refractivity contribution >= 4 is 0 Å². The highest BCUT2D eigenvalue weighted by molar-refractivity contribution is 5.38. The van der Waals surface area contributed by atoms with Crippen molar-refractivity contribution in [2.75, 3.05) is 6.61 Å². The van der Waals surface area contributed by atoms with Crippen molar-refractivity contribution < 1.29 is 9.13 Å². The molecule has 0 saturated heterocycles. The molecular weight excluding hydrogens is 205 g/mol. The van der Waals surface area contributed by atoms with E-state index in [0.717, 1.165) is 17.7 Å². The Hall–Kier alpha value is -1.09. The summed E-state index contributed by atoms with van der Waals surface area (Å²) in [5, 5.41) is 0. The van der Waals surface area contributed by atoms with Gasteiger partial charge in [0.05, 0.1) is 6.61 Å². The lowest BCUT2D eigenvalue weighted by Crippen LogP contribution is -2.18. The van der Waals surface area contributed by atoms with Gasteiger partial charge in [-0.3, -0.25) is 0 Å². The van der Waals surface area contributed by atoms with Crippen LogP contribution in [0.3, 0.4) is 0 Å². The smallest absolute Gasteiger partial charge is 0.126 e. The maximum absolute atomic E-state index is 13.4. The summed E-state index contributed by atoms with van der Waals surface area (Å²) >= 11 is 0. The van der Waals surface area contributed by atoms with Crippen LogP contribution >= 0.6 is 0 Å². The van der Waals surface area contributed by atoms with Crippen LogP contribution in [0.2, 0.25) is 0 Å². The fraction of sp³-hybridized carbons (Fsp3) is 0.538. The molecule has 0 saturated carbocycles. The first-order valence-electron chi connectivity index (χ1n) is 5.72. The van der Waals surface area contributed by atoms with Gasteiger partial charge in [0.15, 0.2) is 0 Å². The van der Waals surface area contributed by atoms with Crippen LogP contribution in [-0.4, -0.2) is 12.6 Å². The Balaban J connectivity index is 2.96. The summed E-state index contributed by atoms with van der Waals surface area (Å²) in [7, 11) is 0. The van der Waals surface area contributed by atoms with Gasteiger partial charge < -0.3 is 10.5 Å². The predicted octanol–water partition coefficient (Wildman–Crippen LogP) is 2.81. The lowest BCUT2D eigenvalue weighted by molar-refractivity contribution is 0.312. The topological polar surface area (TPSA) is 35.2 Å². The van der Waals surface area contributed by atoms with Crippen molar-refractivity contribution in [3.05, 3.63) is 29.1 Å².